The number of hydrogen-bond acceptors (Lipinski definition) is 12. The lowest BCUT2D eigenvalue weighted by molar-refractivity contribution is -0.153. The number of primary amides is 1. The maximum atomic E-state index is 14.1. The molecular formula is C32H35N5O10. The summed E-state index contributed by atoms with van der Waals surface area (Å²) in [5.74, 6) is -6.26. The van der Waals surface area contributed by atoms with Crippen LogP contribution in [0.1, 0.15) is 23.1 Å². The number of aromatic hydroxyl groups is 1. The van der Waals surface area contributed by atoms with Crippen molar-refractivity contribution in [2.45, 2.75) is 31.0 Å². The van der Waals surface area contributed by atoms with Gasteiger partial charge in [0.15, 0.2) is 22.9 Å². The van der Waals surface area contributed by atoms with Gasteiger partial charge in [-0.25, -0.2) is 4.79 Å². The van der Waals surface area contributed by atoms with Crippen LogP contribution >= 0.6 is 0 Å². The number of ether oxygens (including phenoxy) is 2. The number of amides is 3. The molecule has 15 heteroatoms. The highest BCUT2D eigenvalue weighted by molar-refractivity contribution is 6.24. The van der Waals surface area contributed by atoms with E-state index in [2.05, 4.69) is 10.6 Å². The molecule has 2 aromatic rings. The maximum Gasteiger partial charge on any atom is 0.319 e. The quantitative estimate of drug-likeness (QED) is 0.218. The average Bonchev–Trinajstić information content (AvgIpc) is 3.46. The largest absolute Gasteiger partial charge is 0.508 e. The zero-order valence-electron chi connectivity index (χ0n) is 26.1. The predicted octanol–water partition coefficient (Wildman–Crippen LogP) is 1.08. The number of likely N-dealkylation sites (N-methyl/N-ethyl adjacent to an activating group) is 1. The molecule has 0 bridgehead atoms. The van der Waals surface area contributed by atoms with Gasteiger partial charge in [0.1, 0.15) is 22.8 Å². The molecule has 0 unspecified atom stereocenters. The highest BCUT2D eigenvalue weighted by Crippen LogP contribution is 2.54. The summed E-state index contributed by atoms with van der Waals surface area (Å²) in [7, 11) is 6.60. The third-order valence-electron chi connectivity index (χ3n) is 9.33. The highest BCUT2D eigenvalue weighted by Gasteiger charge is 2.64. The Morgan fingerprint density at radius 1 is 1.06 bits per heavy atom. The number of ketones is 2. The summed E-state index contributed by atoms with van der Waals surface area (Å²) in [6.45, 7) is -0.102. The molecule has 47 heavy (non-hydrogen) atoms. The molecule has 8 N–H and O–H groups in total. The van der Waals surface area contributed by atoms with Crippen molar-refractivity contribution in [3.63, 3.8) is 0 Å². The number of anilines is 2. The number of carbonyl (C=O) groups excluding carboxylic acids is 4. The second-order valence-corrected chi connectivity index (χ2v) is 12.5. The molecule has 1 heterocycles. The molecule has 4 aliphatic rings. The fourth-order valence-electron chi connectivity index (χ4n) is 7.20. The Morgan fingerprint density at radius 2 is 1.77 bits per heavy atom. The van der Waals surface area contributed by atoms with Crippen LogP contribution in [0.5, 0.6) is 17.2 Å². The summed E-state index contributed by atoms with van der Waals surface area (Å²) in [5, 5.41) is 51.3. The molecule has 4 atom stereocenters. The van der Waals surface area contributed by atoms with Crippen LogP contribution in [0.4, 0.5) is 16.2 Å². The first-order chi connectivity index (χ1) is 22.2. The van der Waals surface area contributed by atoms with Gasteiger partial charge < -0.3 is 51.2 Å². The lowest BCUT2D eigenvalue weighted by Crippen LogP contribution is -2.65. The van der Waals surface area contributed by atoms with E-state index in [9.17, 15) is 39.6 Å². The fraction of sp³-hybridized carbons (Fsp3) is 0.375. The van der Waals surface area contributed by atoms with Gasteiger partial charge in [0.05, 0.1) is 11.6 Å². The number of aliphatic hydroxyl groups is 3. The zero-order valence-corrected chi connectivity index (χ0v) is 26.1. The lowest BCUT2D eigenvalue weighted by atomic mass is 9.57. The van der Waals surface area contributed by atoms with Crippen LogP contribution in [0.25, 0.3) is 5.76 Å². The van der Waals surface area contributed by atoms with Gasteiger partial charge in [0.2, 0.25) is 12.6 Å². The van der Waals surface area contributed by atoms with Gasteiger partial charge in [-0.15, -0.1) is 0 Å². The van der Waals surface area contributed by atoms with Crippen LogP contribution in [0.15, 0.2) is 41.2 Å². The lowest BCUT2D eigenvalue weighted by Gasteiger charge is -2.50. The monoisotopic (exact) mass is 649 g/mol. The summed E-state index contributed by atoms with van der Waals surface area (Å²) in [6, 6.07) is 4.78. The van der Waals surface area contributed by atoms with Gasteiger partial charge >= 0.3 is 6.03 Å². The van der Waals surface area contributed by atoms with E-state index < -0.39 is 69.8 Å². The van der Waals surface area contributed by atoms with Crippen molar-refractivity contribution < 1.29 is 49.1 Å². The molecule has 248 valence electrons. The molecule has 2 aromatic carbocycles. The second-order valence-electron chi connectivity index (χ2n) is 12.5. The third kappa shape index (κ3) is 4.80. The van der Waals surface area contributed by atoms with E-state index in [0.29, 0.717) is 28.4 Å². The number of benzene rings is 2. The van der Waals surface area contributed by atoms with Gasteiger partial charge in [-0.05, 0) is 56.6 Å². The number of phenolic OH excluding ortho intramolecular Hbond substituents is 1. The van der Waals surface area contributed by atoms with Gasteiger partial charge in [-0.2, -0.15) is 0 Å². The zero-order chi connectivity index (χ0) is 34.1. The fourth-order valence-corrected chi connectivity index (χ4v) is 7.20. The average molecular weight is 650 g/mol. The summed E-state index contributed by atoms with van der Waals surface area (Å²) in [5.41, 5.74) is 3.20. The first-order valence-corrected chi connectivity index (χ1v) is 14.8. The number of nitrogens with zero attached hydrogens (tertiary/aromatic N) is 2. The van der Waals surface area contributed by atoms with E-state index in [1.807, 2.05) is 0 Å². The molecule has 0 spiro atoms. The number of rotatable bonds is 6. The van der Waals surface area contributed by atoms with Crippen LogP contribution in [0.3, 0.4) is 0 Å². The first kappa shape index (κ1) is 31.7. The van der Waals surface area contributed by atoms with E-state index >= 15 is 0 Å². The molecule has 0 aromatic heterocycles. The van der Waals surface area contributed by atoms with Crippen LogP contribution in [-0.4, -0.2) is 95.5 Å². The number of phenols is 1. The summed E-state index contributed by atoms with van der Waals surface area (Å²) in [4.78, 5) is 55.6. The minimum atomic E-state index is -2.74. The van der Waals surface area contributed by atoms with Crippen molar-refractivity contribution in [3.8, 4) is 17.2 Å². The molecule has 1 fully saturated rings. The number of Topliss-reactive ketones (excluding diaryl/α,β-unsaturated/α-hetero) is 2. The van der Waals surface area contributed by atoms with Crippen LogP contribution in [0.2, 0.25) is 0 Å². The Kier molecular flexibility index (Phi) is 7.56. The molecule has 1 aliphatic heterocycles. The minimum Gasteiger partial charge on any atom is -0.508 e. The molecule has 3 amide bonds. The number of aliphatic hydroxyl groups excluding tert-OH is 2. The molecule has 0 saturated heterocycles. The molecule has 0 radical (unpaired) electrons. The number of carbonyl (C=O) groups is 4. The van der Waals surface area contributed by atoms with Crippen molar-refractivity contribution in [1.82, 2.24) is 10.2 Å². The van der Waals surface area contributed by atoms with Crippen LogP contribution < -0.4 is 30.7 Å². The second kappa shape index (κ2) is 11.2. The molecule has 3 aliphatic carbocycles. The minimum absolute atomic E-state index is 0.0251. The van der Waals surface area contributed by atoms with Crippen LogP contribution in [0, 0.1) is 11.8 Å². The standard InChI is InChI=1S/C32H35N5O10/c1-36(2)18-9-14(11-34-31(44)35-15-5-6-19-20(10-15)47-12-46-19)25(38)22-16(18)7-13-8-17-24(37(3)4)27(40)23(30(33)43)29(42)32(17,45)28(41)21(13)26(22)39/h5-6,9-10,13,17,24,38-39,42,45H,7-8,11-12H2,1-4H3,(H2,33,43)(H2,34,35,44)/t13-,17-,24-,32-/m1/s1. The van der Waals surface area contributed by atoms with Gasteiger partial charge in [-0.3, -0.25) is 19.3 Å². The van der Waals surface area contributed by atoms with E-state index in [-0.39, 0.29) is 42.9 Å². The Hall–Kier alpha value is -5.28. The van der Waals surface area contributed by atoms with Gasteiger partial charge in [0.25, 0.3) is 5.91 Å². The molecule has 1 saturated carbocycles. The van der Waals surface area contributed by atoms with Crippen LogP contribution in [-0.2, 0) is 27.3 Å². The Labute approximate surface area is 268 Å². The summed E-state index contributed by atoms with van der Waals surface area (Å²) < 4.78 is 10.6. The predicted molar refractivity (Wildman–Crippen MR) is 167 cm³/mol. The number of nitrogens with one attached hydrogen (secondary N) is 2. The molecule has 15 nitrogen and oxygen atoms in total. The van der Waals surface area contributed by atoms with E-state index in [4.69, 9.17) is 15.2 Å². The Balaban J connectivity index is 1.37. The van der Waals surface area contributed by atoms with E-state index in [1.54, 1.807) is 57.4 Å². The summed E-state index contributed by atoms with van der Waals surface area (Å²) in [6.07, 6.45) is 0.108. The number of fused-ring (bicyclic) bond motifs is 4. The van der Waals surface area contributed by atoms with Crippen molar-refractivity contribution in [3.05, 3.63) is 57.9 Å². The van der Waals surface area contributed by atoms with Crippen molar-refractivity contribution in [2.75, 3.05) is 45.2 Å². The van der Waals surface area contributed by atoms with Crippen molar-refractivity contribution in [1.29, 1.82) is 0 Å². The molecular weight excluding hydrogens is 614 g/mol. The highest BCUT2D eigenvalue weighted by atomic mass is 16.7. The Morgan fingerprint density at radius 3 is 2.43 bits per heavy atom. The van der Waals surface area contributed by atoms with E-state index in [1.165, 1.54) is 4.90 Å². The SMILES string of the molecule is CN(C)c1cc(CNC(=O)Nc2ccc3c(c2)OCO3)c(O)c2c1C[C@@H]1C[C@@H]3[C@@H](N(C)C)C(=O)C(C(N)=O)=C(O)[C@]3(O)C(=O)C1=C2O. The Bertz CT molecular complexity index is 1820. The number of urea groups is 1. The summed E-state index contributed by atoms with van der Waals surface area (Å²) >= 11 is 0. The number of nitrogens with two attached hydrogens (primary N) is 1. The van der Waals surface area contributed by atoms with E-state index in [0.717, 1.165) is 0 Å². The molecule has 6 rings (SSSR count). The van der Waals surface area contributed by atoms with Crippen molar-refractivity contribution >= 4 is 40.6 Å². The maximum absolute atomic E-state index is 14.1. The topological polar surface area (TPSA) is 224 Å². The van der Waals surface area contributed by atoms with Crippen molar-refractivity contribution in [2.24, 2.45) is 17.6 Å². The third-order valence-corrected chi connectivity index (χ3v) is 9.33. The van der Waals surface area contributed by atoms with Gasteiger partial charge in [0, 0.05) is 55.1 Å². The van der Waals surface area contributed by atoms with Gasteiger partial charge in [-0.1, -0.05) is 0 Å². The first-order valence-electron chi connectivity index (χ1n) is 14.8. The number of hydrogen-bond donors (Lipinski definition) is 7. The normalized spacial score (nSPS) is 24.5. The smallest absolute Gasteiger partial charge is 0.319 e.